The summed E-state index contributed by atoms with van der Waals surface area (Å²) >= 11 is 2.32. The van der Waals surface area contributed by atoms with Gasteiger partial charge in [-0.05, 0) is 78.3 Å². The number of halogens is 1. The number of amides is 1. The van der Waals surface area contributed by atoms with Crippen molar-refractivity contribution in [2.75, 3.05) is 4.90 Å². The Kier molecular flexibility index (Phi) is 3.78. The fourth-order valence-electron chi connectivity index (χ4n) is 2.26. The highest BCUT2D eigenvalue weighted by molar-refractivity contribution is 14.1. The molecule has 2 aromatic carbocycles. The molecule has 0 bridgehead atoms. The minimum Gasteiger partial charge on any atom is -0.281 e. The number of carbonyl (C=O) groups is 1. The van der Waals surface area contributed by atoms with E-state index in [1.165, 1.54) is 9.13 Å². The van der Waals surface area contributed by atoms with Crippen LogP contribution < -0.4 is 4.90 Å². The zero-order valence-corrected chi connectivity index (χ0v) is 13.5. The molecule has 1 amide bonds. The van der Waals surface area contributed by atoms with Crippen LogP contribution in [0.4, 0.5) is 11.4 Å². The van der Waals surface area contributed by atoms with E-state index in [1.54, 1.807) is 0 Å². The maximum Gasteiger partial charge on any atom is 0.234 e. The second-order valence-electron chi connectivity index (χ2n) is 5.22. The summed E-state index contributed by atoms with van der Waals surface area (Å²) in [5.74, 6) is 0.423. The zero-order chi connectivity index (χ0) is 14.1. The van der Waals surface area contributed by atoms with E-state index >= 15 is 0 Å². The summed E-state index contributed by atoms with van der Waals surface area (Å²) in [5, 5.41) is 0. The molecule has 0 heterocycles. The third-order valence-corrected chi connectivity index (χ3v) is 4.77. The molecular formula is C17H16INO. The maximum absolute atomic E-state index is 12.6. The summed E-state index contributed by atoms with van der Waals surface area (Å²) in [6, 6.07) is 16.1. The molecule has 0 aromatic heterocycles. The lowest BCUT2D eigenvalue weighted by atomic mass is 10.1. The molecule has 0 N–H and O–H groups in total. The van der Waals surface area contributed by atoms with Gasteiger partial charge in [-0.15, -0.1) is 0 Å². The third kappa shape index (κ3) is 2.73. The molecule has 1 aliphatic carbocycles. The Labute approximate surface area is 132 Å². The highest BCUT2D eigenvalue weighted by Gasteiger charge is 2.34. The van der Waals surface area contributed by atoms with Crippen LogP contribution in [-0.4, -0.2) is 5.91 Å². The van der Waals surface area contributed by atoms with E-state index in [-0.39, 0.29) is 11.8 Å². The number of para-hydroxylation sites is 1. The molecule has 3 heteroatoms. The number of hydrogen-bond donors (Lipinski definition) is 0. The Morgan fingerprint density at radius 2 is 1.80 bits per heavy atom. The standard InChI is InChI=1S/C17H16INO/c1-12-11-15(9-10-16(12)18)19(17(20)13-7-8-13)14-5-3-2-4-6-14/h2-6,9-11,13H,7-8H2,1H3. The zero-order valence-electron chi connectivity index (χ0n) is 11.3. The van der Waals surface area contributed by atoms with Crippen LogP contribution in [0.5, 0.6) is 0 Å². The lowest BCUT2D eigenvalue weighted by Gasteiger charge is -2.23. The van der Waals surface area contributed by atoms with Crippen molar-refractivity contribution in [2.45, 2.75) is 19.8 Å². The van der Waals surface area contributed by atoms with Crippen LogP contribution in [0.1, 0.15) is 18.4 Å². The normalized spacial score (nSPS) is 14.1. The van der Waals surface area contributed by atoms with Gasteiger partial charge in [0.25, 0.3) is 0 Å². The topological polar surface area (TPSA) is 20.3 Å². The molecule has 3 rings (SSSR count). The van der Waals surface area contributed by atoms with Crippen molar-refractivity contribution in [3.05, 3.63) is 57.7 Å². The van der Waals surface area contributed by atoms with Crippen molar-refractivity contribution in [1.29, 1.82) is 0 Å². The number of hydrogen-bond acceptors (Lipinski definition) is 1. The van der Waals surface area contributed by atoms with Crippen LogP contribution in [0.25, 0.3) is 0 Å². The molecule has 0 unspecified atom stereocenters. The van der Waals surface area contributed by atoms with Gasteiger partial charge in [-0.1, -0.05) is 18.2 Å². The average Bonchev–Trinajstić information content (AvgIpc) is 3.29. The number of aryl methyl sites for hydroxylation is 1. The first-order valence-corrected chi connectivity index (χ1v) is 7.90. The van der Waals surface area contributed by atoms with E-state index in [4.69, 9.17) is 0 Å². The molecule has 2 nitrogen and oxygen atoms in total. The summed E-state index contributed by atoms with van der Waals surface area (Å²) < 4.78 is 1.22. The number of anilines is 2. The van der Waals surface area contributed by atoms with Gasteiger partial charge in [0.15, 0.2) is 0 Å². The fraction of sp³-hybridized carbons (Fsp3) is 0.235. The molecule has 1 saturated carbocycles. The molecule has 0 saturated heterocycles. The third-order valence-electron chi connectivity index (χ3n) is 3.56. The molecular weight excluding hydrogens is 361 g/mol. The molecule has 2 aromatic rings. The lowest BCUT2D eigenvalue weighted by Crippen LogP contribution is -2.27. The van der Waals surface area contributed by atoms with Crippen LogP contribution in [0.3, 0.4) is 0 Å². The maximum atomic E-state index is 12.6. The predicted molar refractivity (Wildman–Crippen MR) is 90.2 cm³/mol. The van der Waals surface area contributed by atoms with Crippen molar-refractivity contribution in [1.82, 2.24) is 0 Å². The van der Waals surface area contributed by atoms with Crippen LogP contribution in [0.2, 0.25) is 0 Å². The van der Waals surface area contributed by atoms with Crippen molar-refractivity contribution in [3.8, 4) is 0 Å². The van der Waals surface area contributed by atoms with Crippen molar-refractivity contribution >= 4 is 39.9 Å². The summed E-state index contributed by atoms with van der Waals surface area (Å²) in [5.41, 5.74) is 3.11. The van der Waals surface area contributed by atoms with Gasteiger partial charge < -0.3 is 0 Å². The van der Waals surface area contributed by atoms with Crippen molar-refractivity contribution in [3.63, 3.8) is 0 Å². The first-order valence-electron chi connectivity index (χ1n) is 6.82. The summed E-state index contributed by atoms with van der Waals surface area (Å²) in [4.78, 5) is 14.5. The molecule has 1 aliphatic rings. The summed E-state index contributed by atoms with van der Waals surface area (Å²) in [7, 11) is 0. The Hall–Kier alpha value is -1.36. The molecule has 0 atom stereocenters. The van der Waals surface area contributed by atoms with Gasteiger partial charge in [-0.3, -0.25) is 9.69 Å². The van der Waals surface area contributed by atoms with Gasteiger partial charge in [0.1, 0.15) is 0 Å². The molecule has 1 fully saturated rings. The second kappa shape index (κ2) is 5.56. The van der Waals surface area contributed by atoms with Gasteiger partial charge in [0, 0.05) is 20.9 Å². The van der Waals surface area contributed by atoms with Gasteiger partial charge in [-0.2, -0.15) is 0 Å². The molecule has 102 valence electrons. The SMILES string of the molecule is Cc1cc(N(C(=O)C2CC2)c2ccccc2)ccc1I. The Bertz CT molecular complexity index is 635. The van der Waals surface area contributed by atoms with E-state index in [0.29, 0.717) is 0 Å². The number of benzene rings is 2. The minimum absolute atomic E-state index is 0.204. The second-order valence-corrected chi connectivity index (χ2v) is 6.38. The smallest absolute Gasteiger partial charge is 0.234 e. The van der Waals surface area contributed by atoms with Gasteiger partial charge in [0.2, 0.25) is 5.91 Å². The molecule has 0 aliphatic heterocycles. The average molecular weight is 377 g/mol. The Morgan fingerprint density at radius 3 is 2.40 bits per heavy atom. The first-order chi connectivity index (χ1) is 9.66. The number of rotatable bonds is 3. The van der Waals surface area contributed by atoms with E-state index in [1.807, 2.05) is 41.3 Å². The largest absolute Gasteiger partial charge is 0.281 e. The Balaban J connectivity index is 2.04. The van der Waals surface area contributed by atoms with E-state index in [2.05, 4.69) is 41.6 Å². The highest BCUT2D eigenvalue weighted by Crippen LogP contribution is 2.36. The van der Waals surface area contributed by atoms with E-state index in [9.17, 15) is 4.79 Å². The van der Waals surface area contributed by atoms with Crippen molar-refractivity contribution in [2.24, 2.45) is 5.92 Å². The van der Waals surface area contributed by atoms with Crippen LogP contribution in [0.15, 0.2) is 48.5 Å². The first kappa shape index (κ1) is 13.6. The molecule has 0 spiro atoms. The number of carbonyl (C=O) groups excluding carboxylic acids is 1. The lowest BCUT2D eigenvalue weighted by molar-refractivity contribution is -0.119. The summed E-state index contributed by atoms with van der Waals surface area (Å²) in [6.07, 6.45) is 2.04. The van der Waals surface area contributed by atoms with Crippen LogP contribution in [0, 0.1) is 16.4 Å². The monoisotopic (exact) mass is 377 g/mol. The highest BCUT2D eigenvalue weighted by atomic mass is 127. The van der Waals surface area contributed by atoms with Crippen LogP contribution >= 0.6 is 22.6 Å². The fourth-order valence-corrected chi connectivity index (χ4v) is 2.60. The van der Waals surface area contributed by atoms with Crippen LogP contribution in [-0.2, 0) is 4.79 Å². The number of nitrogens with zero attached hydrogens (tertiary/aromatic N) is 1. The van der Waals surface area contributed by atoms with Gasteiger partial charge in [-0.25, -0.2) is 0 Å². The molecule has 20 heavy (non-hydrogen) atoms. The quantitative estimate of drug-likeness (QED) is 0.712. The Morgan fingerprint density at radius 1 is 1.10 bits per heavy atom. The predicted octanol–water partition coefficient (Wildman–Crippen LogP) is 4.67. The van der Waals surface area contributed by atoms with Crippen molar-refractivity contribution < 1.29 is 4.79 Å². The van der Waals surface area contributed by atoms with E-state index < -0.39 is 0 Å². The van der Waals surface area contributed by atoms with Gasteiger partial charge in [0.05, 0.1) is 0 Å². The van der Waals surface area contributed by atoms with Gasteiger partial charge >= 0.3 is 0 Å². The van der Waals surface area contributed by atoms with E-state index in [0.717, 1.165) is 24.2 Å². The minimum atomic E-state index is 0.204. The molecule has 0 radical (unpaired) electrons. The summed E-state index contributed by atoms with van der Waals surface area (Å²) in [6.45, 7) is 2.08.